The lowest BCUT2D eigenvalue weighted by atomic mass is 9.82. The van der Waals surface area contributed by atoms with Crippen LogP contribution in [0.3, 0.4) is 0 Å². The number of aromatic nitrogens is 1. The highest BCUT2D eigenvalue weighted by Gasteiger charge is 2.23. The van der Waals surface area contributed by atoms with Gasteiger partial charge in [-0.3, -0.25) is 4.79 Å². The smallest absolute Gasteiger partial charge is 0.190 e. The molecule has 0 saturated carbocycles. The van der Waals surface area contributed by atoms with E-state index in [1.165, 1.54) is 0 Å². The molecule has 2 aromatic rings. The van der Waals surface area contributed by atoms with Gasteiger partial charge in [0.05, 0.1) is 0 Å². The molecule has 0 saturated heterocycles. The van der Waals surface area contributed by atoms with Crippen molar-refractivity contribution >= 4 is 28.9 Å². The summed E-state index contributed by atoms with van der Waals surface area (Å²) in [6.07, 6.45) is 5.78. The number of nitrogens with one attached hydrogen (secondary N) is 1. The quantitative estimate of drug-likeness (QED) is 0.258. The molecule has 2 unspecified atom stereocenters. The van der Waals surface area contributed by atoms with Crippen molar-refractivity contribution in [2.75, 3.05) is 11.9 Å². The number of Topliss-reactive ketones (excluding diaryl/α,β-unsaturated/α-hetero) is 1. The molecular formula is C28H34FN3O. The largest absolute Gasteiger partial charge is 0.340 e. The Morgan fingerprint density at radius 2 is 2.00 bits per heavy atom. The minimum Gasteiger partial charge on any atom is -0.340 e. The van der Waals surface area contributed by atoms with E-state index in [2.05, 4.69) is 49.6 Å². The van der Waals surface area contributed by atoms with Crippen molar-refractivity contribution in [1.29, 1.82) is 0 Å². The maximum Gasteiger partial charge on any atom is 0.190 e. The zero-order chi connectivity index (χ0) is 24.4. The highest BCUT2D eigenvalue weighted by atomic mass is 19.1. The number of pyridine rings is 1. The number of hydrogen-bond donors (Lipinski definition) is 2. The SMILES string of the molecule is C=C=C(c1c(C(C)CN)ccnc1Nc1ccc(C=C)cc1)C(CC)CCCC(=O)C(=C)F. The van der Waals surface area contributed by atoms with Crippen LogP contribution in [0.1, 0.15) is 62.1 Å². The third kappa shape index (κ3) is 6.85. The average molecular weight is 448 g/mol. The first-order valence-electron chi connectivity index (χ1n) is 11.3. The minimum atomic E-state index is -0.886. The van der Waals surface area contributed by atoms with Crippen LogP contribution in [0, 0.1) is 5.92 Å². The molecule has 0 radical (unpaired) electrons. The van der Waals surface area contributed by atoms with Gasteiger partial charge in [0.15, 0.2) is 11.6 Å². The van der Waals surface area contributed by atoms with Crippen LogP contribution in [0.15, 0.2) is 67.8 Å². The molecule has 1 heterocycles. The Morgan fingerprint density at radius 3 is 2.55 bits per heavy atom. The van der Waals surface area contributed by atoms with E-state index < -0.39 is 11.6 Å². The van der Waals surface area contributed by atoms with Crippen molar-refractivity contribution in [3.05, 3.63) is 84.5 Å². The lowest BCUT2D eigenvalue weighted by molar-refractivity contribution is -0.117. The second-order valence-corrected chi connectivity index (χ2v) is 8.13. The molecular weight excluding hydrogens is 413 g/mol. The first-order valence-corrected chi connectivity index (χ1v) is 11.3. The van der Waals surface area contributed by atoms with Gasteiger partial charge in [-0.15, -0.1) is 5.73 Å². The molecule has 33 heavy (non-hydrogen) atoms. The van der Waals surface area contributed by atoms with E-state index in [1.54, 1.807) is 12.3 Å². The summed E-state index contributed by atoms with van der Waals surface area (Å²) in [4.78, 5) is 16.3. The molecule has 2 atom stereocenters. The predicted octanol–water partition coefficient (Wildman–Crippen LogP) is 6.95. The molecule has 0 fully saturated rings. The molecule has 0 amide bonds. The zero-order valence-electron chi connectivity index (χ0n) is 19.7. The van der Waals surface area contributed by atoms with Gasteiger partial charge in [-0.1, -0.05) is 51.8 Å². The number of halogens is 1. The summed E-state index contributed by atoms with van der Waals surface area (Å²) >= 11 is 0. The summed E-state index contributed by atoms with van der Waals surface area (Å²) in [7, 11) is 0. The van der Waals surface area contributed by atoms with Crippen LogP contribution in [0.4, 0.5) is 15.9 Å². The number of hydrogen-bond acceptors (Lipinski definition) is 4. The van der Waals surface area contributed by atoms with Crippen molar-refractivity contribution < 1.29 is 9.18 Å². The van der Waals surface area contributed by atoms with E-state index in [0.717, 1.165) is 34.4 Å². The van der Waals surface area contributed by atoms with Gasteiger partial charge >= 0.3 is 0 Å². The molecule has 1 aromatic carbocycles. The van der Waals surface area contributed by atoms with Gasteiger partial charge in [0.2, 0.25) is 0 Å². The van der Waals surface area contributed by atoms with Gasteiger partial charge in [-0.2, -0.15) is 0 Å². The maximum absolute atomic E-state index is 13.1. The number of carbonyl (C=O) groups excluding carboxylic acids is 1. The number of ketones is 1. The highest BCUT2D eigenvalue weighted by molar-refractivity contribution is 5.92. The molecule has 4 nitrogen and oxygen atoms in total. The average Bonchev–Trinajstić information content (AvgIpc) is 2.83. The molecule has 5 heteroatoms. The van der Waals surface area contributed by atoms with Crippen LogP contribution in [0.5, 0.6) is 0 Å². The third-order valence-corrected chi connectivity index (χ3v) is 5.90. The molecule has 0 aliphatic heterocycles. The van der Waals surface area contributed by atoms with Gasteiger partial charge in [0.25, 0.3) is 0 Å². The summed E-state index contributed by atoms with van der Waals surface area (Å²) in [6.45, 7) is 15.5. The maximum atomic E-state index is 13.1. The van der Waals surface area contributed by atoms with E-state index in [0.29, 0.717) is 25.2 Å². The number of nitrogens with zero attached hydrogens (tertiary/aromatic N) is 1. The first kappa shape index (κ1) is 26.0. The number of nitrogens with two attached hydrogens (primary N) is 1. The summed E-state index contributed by atoms with van der Waals surface area (Å²) in [5, 5.41) is 3.44. The first-order chi connectivity index (χ1) is 15.9. The number of carbonyl (C=O) groups is 1. The van der Waals surface area contributed by atoms with Crippen LogP contribution in [-0.4, -0.2) is 17.3 Å². The van der Waals surface area contributed by atoms with E-state index in [-0.39, 0.29) is 18.3 Å². The normalized spacial score (nSPS) is 12.4. The Labute approximate surface area is 196 Å². The van der Waals surface area contributed by atoms with Gasteiger partial charge in [-0.25, -0.2) is 9.37 Å². The molecule has 2 rings (SSSR count). The molecule has 3 N–H and O–H groups in total. The number of rotatable bonds is 13. The van der Waals surface area contributed by atoms with Crippen molar-refractivity contribution in [2.45, 2.75) is 45.4 Å². The molecule has 1 aromatic heterocycles. The fourth-order valence-corrected chi connectivity index (χ4v) is 3.87. The Morgan fingerprint density at radius 1 is 1.30 bits per heavy atom. The third-order valence-electron chi connectivity index (χ3n) is 5.90. The van der Waals surface area contributed by atoms with Gasteiger partial charge in [0, 0.05) is 29.4 Å². The lowest BCUT2D eigenvalue weighted by Crippen LogP contribution is -2.15. The summed E-state index contributed by atoms with van der Waals surface area (Å²) in [5.74, 6) is -0.540. The van der Waals surface area contributed by atoms with Crippen LogP contribution >= 0.6 is 0 Å². The van der Waals surface area contributed by atoms with Gasteiger partial charge < -0.3 is 11.1 Å². The molecule has 0 bridgehead atoms. The summed E-state index contributed by atoms with van der Waals surface area (Å²) in [6, 6.07) is 9.91. The Kier molecular flexibility index (Phi) is 9.99. The zero-order valence-corrected chi connectivity index (χ0v) is 19.7. The van der Waals surface area contributed by atoms with E-state index in [9.17, 15) is 9.18 Å². The van der Waals surface area contributed by atoms with E-state index in [4.69, 9.17) is 5.73 Å². The van der Waals surface area contributed by atoms with Crippen molar-refractivity contribution in [1.82, 2.24) is 4.98 Å². The van der Waals surface area contributed by atoms with Crippen molar-refractivity contribution in [3.8, 4) is 0 Å². The van der Waals surface area contributed by atoms with E-state index >= 15 is 0 Å². The monoisotopic (exact) mass is 447 g/mol. The van der Waals surface area contributed by atoms with Crippen molar-refractivity contribution in [3.63, 3.8) is 0 Å². The van der Waals surface area contributed by atoms with E-state index in [1.807, 2.05) is 30.3 Å². The summed E-state index contributed by atoms with van der Waals surface area (Å²) < 4.78 is 13.1. The Hall–Kier alpha value is -3.27. The summed E-state index contributed by atoms with van der Waals surface area (Å²) in [5.41, 5.74) is 14.0. The van der Waals surface area contributed by atoms with Gasteiger partial charge in [-0.05, 0) is 67.0 Å². The standard InChI is InChI=1S/C28H34FN3O/c1-6-21-12-14-23(15-13-21)32-28-27(25(16-17-31-28)19(4)18-30)24(8-3)22(7-2)10-9-11-26(33)20(5)29/h6,12-17,19,22H,1,3,5,7,9-11,18,30H2,2,4H3,(H,31,32). The Balaban J connectivity index is 2.45. The number of anilines is 2. The van der Waals surface area contributed by atoms with Crippen LogP contribution in [-0.2, 0) is 4.79 Å². The fraction of sp³-hybridized carbons (Fsp3) is 0.321. The second-order valence-electron chi connectivity index (χ2n) is 8.13. The van der Waals surface area contributed by atoms with Crippen LogP contribution in [0.2, 0.25) is 0 Å². The van der Waals surface area contributed by atoms with Crippen LogP contribution in [0.25, 0.3) is 11.6 Å². The lowest BCUT2D eigenvalue weighted by Gasteiger charge is -2.24. The fourth-order valence-electron chi connectivity index (χ4n) is 3.87. The molecule has 0 aliphatic carbocycles. The predicted molar refractivity (Wildman–Crippen MR) is 137 cm³/mol. The molecule has 0 aliphatic rings. The molecule has 174 valence electrons. The number of benzene rings is 1. The van der Waals surface area contributed by atoms with Crippen LogP contribution < -0.4 is 11.1 Å². The number of allylic oxidation sites excluding steroid dienone is 2. The topological polar surface area (TPSA) is 68.0 Å². The second kappa shape index (κ2) is 12.7. The minimum absolute atomic E-state index is 0.0831. The van der Waals surface area contributed by atoms with Gasteiger partial charge in [0.1, 0.15) is 5.82 Å². The van der Waals surface area contributed by atoms with Crippen molar-refractivity contribution in [2.24, 2.45) is 11.7 Å². The Bertz CT molecular complexity index is 1040. The molecule has 0 spiro atoms. The highest BCUT2D eigenvalue weighted by Crippen LogP contribution is 2.38.